The average molecular weight is 364 g/mol. The first-order chi connectivity index (χ1) is 11.9. The molecular formula is C16H20N4O4S. The summed E-state index contributed by atoms with van der Waals surface area (Å²) in [7, 11) is 0. The topological polar surface area (TPSA) is 99.4 Å². The number of hydrogen-bond donors (Lipinski definition) is 1. The molecule has 0 bridgehead atoms. The van der Waals surface area contributed by atoms with Gasteiger partial charge in [0.1, 0.15) is 0 Å². The van der Waals surface area contributed by atoms with E-state index in [-0.39, 0.29) is 18.6 Å². The molecule has 1 aromatic heterocycles. The van der Waals surface area contributed by atoms with E-state index in [1.165, 1.54) is 11.8 Å². The lowest BCUT2D eigenvalue weighted by molar-refractivity contribution is -0.295. The third-order valence-electron chi connectivity index (χ3n) is 3.67. The zero-order valence-electron chi connectivity index (χ0n) is 14.0. The summed E-state index contributed by atoms with van der Waals surface area (Å²) in [6.45, 7) is 3.60. The van der Waals surface area contributed by atoms with Crippen molar-refractivity contribution in [3.8, 4) is 5.69 Å². The summed E-state index contributed by atoms with van der Waals surface area (Å²) in [5.41, 5.74) is 0.881. The maximum absolute atomic E-state index is 11.0. The quantitative estimate of drug-likeness (QED) is 0.778. The number of carboxylic acids is 1. The molecule has 0 spiro atoms. The summed E-state index contributed by atoms with van der Waals surface area (Å²) in [6, 6.07) is 9.63. The predicted molar refractivity (Wildman–Crippen MR) is 90.6 cm³/mol. The summed E-state index contributed by atoms with van der Waals surface area (Å²) in [4.78, 5) is 11.0. The van der Waals surface area contributed by atoms with Crippen molar-refractivity contribution in [3.05, 3.63) is 30.3 Å². The maximum Gasteiger partial charge on any atom is 0.305 e. The highest BCUT2D eigenvalue weighted by Gasteiger charge is 2.36. The van der Waals surface area contributed by atoms with Gasteiger partial charge < -0.3 is 14.6 Å². The summed E-state index contributed by atoms with van der Waals surface area (Å²) in [5.74, 6) is -1.08. The Balaban J connectivity index is 1.65. The summed E-state index contributed by atoms with van der Waals surface area (Å²) < 4.78 is 13.3. The van der Waals surface area contributed by atoms with Crippen molar-refractivity contribution in [2.45, 2.75) is 49.8 Å². The molecule has 2 heterocycles. The fraction of sp³-hybridized carbons (Fsp3) is 0.500. The van der Waals surface area contributed by atoms with Gasteiger partial charge in [-0.15, -0.1) is 5.10 Å². The molecule has 0 unspecified atom stereocenters. The number of nitrogens with zero attached hydrogens (tertiary/aromatic N) is 4. The van der Waals surface area contributed by atoms with E-state index in [9.17, 15) is 4.79 Å². The average Bonchev–Trinajstić information content (AvgIpc) is 3.00. The molecule has 0 amide bonds. The molecule has 8 nitrogen and oxygen atoms in total. The molecule has 1 aromatic carbocycles. The van der Waals surface area contributed by atoms with Crippen LogP contribution in [-0.4, -0.2) is 55.0 Å². The highest BCUT2D eigenvalue weighted by molar-refractivity contribution is 7.99. The second-order valence-corrected chi connectivity index (χ2v) is 7.22. The Hall–Kier alpha value is -1.97. The Bertz CT molecular complexity index is 722. The highest BCUT2D eigenvalue weighted by Crippen LogP contribution is 2.31. The van der Waals surface area contributed by atoms with Crippen LogP contribution in [-0.2, 0) is 14.3 Å². The first-order valence-corrected chi connectivity index (χ1v) is 8.95. The number of para-hydroxylation sites is 1. The van der Waals surface area contributed by atoms with Crippen LogP contribution in [0.4, 0.5) is 0 Å². The van der Waals surface area contributed by atoms with Gasteiger partial charge in [-0.25, -0.2) is 0 Å². The fourth-order valence-electron chi connectivity index (χ4n) is 2.81. The van der Waals surface area contributed by atoms with Gasteiger partial charge in [-0.3, -0.25) is 4.79 Å². The van der Waals surface area contributed by atoms with Crippen LogP contribution in [0.3, 0.4) is 0 Å². The Kier molecular flexibility index (Phi) is 5.36. The van der Waals surface area contributed by atoms with Gasteiger partial charge in [0.2, 0.25) is 5.16 Å². The van der Waals surface area contributed by atoms with E-state index < -0.39 is 11.8 Å². The monoisotopic (exact) mass is 364 g/mol. The smallest absolute Gasteiger partial charge is 0.305 e. The Morgan fingerprint density at radius 2 is 2.04 bits per heavy atom. The number of carboxylic acid groups (broad SMARTS) is 1. The van der Waals surface area contributed by atoms with Crippen LogP contribution >= 0.6 is 11.8 Å². The van der Waals surface area contributed by atoms with Crippen LogP contribution in [0.5, 0.6) is 0 Å². The first-order valence-electron chi connectivity index (χ1n) is 7.97. The molecule has 3 rings (SSSR count). The van der Waals surface area contributed by atoms with Gasteiger partial charge in [-0.2, -0.15) is 4.68 Å². The maximum atomic E-state index is 11.0. The molecule has 1 saturated heterocycles. The summed E-state index contributed by atoms with van der Waals surface area (Å²) in [6.07, 6.45) is -0.0123. The van der Waals surface area contributed by atoms with Crippen LogP contribution in [0, 0.1) is 0 Å². The first kappa shape index (κ1) is 17.8. The minimum Gasteiger partial charge on any atom is -0.481 e. The number of thioether (sulfide) groups is 1. The van der Waals surface area contributed by atoms with Crippen LogP contribution in [0.15, 0.2) is 35.5 Å². The van der Waals surface area contributed by atoms with Crippen LogP contribution in [0.2, 0.25) is 0 Å². The van der Waals surface area contributed by atoms with E-state index >= 15 is 0 Å². The Labute approximate surface area is 149 Å². The number of aliphatic carboxylic acids is 1. The largest absolute Gasteiger partial charge is 0.481 e. The lowest BCUT2D eigenvalue weighted by Crippen LogP contribution is -2.46. The van der Waals surface area contributed by atoms with Crippen molar-refractivity contribution < 1.29 is 19.4 Å². The molecule has 1 N–H and O–H groups in total. The molecule has 1 fully saturated rings. The van der Waals surface area contributed by atoms with Gasteiger partial charge in [0, 0.05) is 12.2 Å². The third-order valence-corrected chi connectivity index (χ3v) is 4.72. The molecule has 25 heavy (non-hydrogen) atoms. The van der Waals surface area contributed by atoms with E-state index in [0.29, 0.717) is 17.3 Å². The number of rotatable bonds is 6. The Morgan fingerprint density at radius 1 is 1.32 bits per heavy atom. The lowest BCUT2D eigenvalue weighted by Gasteiger charge is -2.40. The minimum atomic E-state index is -0.873. The SMILES string of the molecule is CC1(C)O[C@H](CSc2nnnn2-c2ccccc2)C[C@H](CC(=O)O)O1. The third kappa shape index (κ3) is 4.77. The number of ether oxygens (including phenoxy) is 2. The summed E-state index contributed by atoms with van der Waals surface area (Å²) >= 11 is 1.48. The van der Waals surface area contributed by atoms with Crippen LogP contribution in [0.25, 0.3) is 5.69 Å². The number of benzene rings is 1. The van der Waals surface area contributed by atoms with Gasteiger partial charge in [-0.05, 0) is 36.4 Å². The molecule has 0 aliphatic carbocycles. The van der Waals surface area contributed by atoms with Gasteiger partial charge in [0.15, 0.2) is 5.79 Å². The molecule has 1 aliphatic heterocycles. The van der Waals surface area contributed by atoms with Gasteiger partial charge in [-0.1, -0.05) is 30.0 Å². The Morgan fingerprint density at radius 3 is 2.76 bits per heavy atom. The molecule has 9 heteroatoms. The van der Waals surface area contributed by atoms with Crippen molar-refractivity contribution in [1.29, 1.82) is 0 Å². The van der Waals surface area contributed by atoms with E-state index in [2.05, 4.69) is 15.5 Å². The predicted octanol–water partition coefficient (Wildman–Crippen LogP) is 2.14. The van der Waals surface area contributed by atoms with E-state index in [1.807, 2.05) is 30.3 Å². The number of carbonyl (C=O) groups is 1. The van der Waals surface area contributed by atoms with Gasteiger partial charge in [0.05, 0.1) is 24.3 Å². The van der Waals surface area contributed by atoms with E-state index in [0.717, 1.165) is 5.69 Å². The van der Waals surface area contributed by atoms with E-state index in [1.54, 1.807) is 18.5 Å². The van der Waals surface area contributed by atoms with E-state index in [4.69, 9.17) is 14.6 Å². The highest BCUT2D eigenvalue weighted by atomic mass is 32.2. The molecular weight excluding hydrogens is 344 g/mol. The van der Waals surface area contributed by atoms with Crippen molar-refractivity contribution in [2.75, 3.05) is 5.75 Å². The second-order valence-electron chi connectivity index (χ2n) is 6.23. The number of hydrogen-bond acceptors (Lipinski definition) is 7. The molecule has 134 valence electrons. The molecule has 0 saturated carbocycles. The number of tetrazole rings is 1. The normalized spacial score (nSPS) is 22.6. The van der Waals surface area contributed by atoms with Crippen molar-refractivity contribution in [2.24, 2.45) is 0 Å². The van der Waals surface area contributed by atoms with Crippen molar-refractivity contribution in [3.63, 3.8) is 0 Å². The molecule has 2 aromatic rings. The molecule has 1 aliphatic rings. The standard InChI is InChI=1S/C16H20N4O4S/c1-16(2)23-12(9-14(21)22)8-13(24-16)10-25-15-17-18-19-20(15)11-6-4-3-5-7-11/h3-7,12-13H,8-10H2,1-2H3,(H,21,22)/t12-,13+/m1/s1. The van der Waals surface area contributed by atoms with Crippen molar-refractivity contribution >= 4 is 17.7 Å². The lowest BCUT2D eigenvalue weighted by atomic mass is 10.1. The summed E-state index contributed by atoms with van der Waals surface area (Å²) in [5, 5.41) is 21.5. The second kappa shape index (κ2) is 7.51. The zero-order valence-corrected chi connectivity index (χ0v) is 14.8. The molecule has 2 atom stereocenters. The minimum absolute atomic E-state index is 0.0320. The van der Waals surface area contributed by atoms with Gasteiger partial charge >= 0.3 is 5.97 Å². The van der Waals surface area contributed by atoms with Gasteiger partial charge in [0.25, 0.3) is 0 Å². The van der Waals surface area contributed by atoms with Crippen molar-refractivity contribution in [1.82, 2.24) is 20.2 Å². The van der Waals surface area contributed by atoms with Crippen LogP contribution in [0.1, 0.15) is 26.7 Å². The van der Waals surface area contributed by atoms with Crippen LogP contribution < -0.4 is 0 Å². The number of aromatic nitrogens is 4. The fourth-order valence-corrected chi connectivity index (χ4v) is 3.71. The zero-order chi connectivity index (χ0) is 17.9. The molecule has 0 radical (unpaired) electrons.